The quantitative estimate of drug-likeness (QED) is 0.476. The van der Waals surface area contributed by atoms with Crippen LogP contribution >= 0.6 is 10.8 Å². The highest BCUT2D eigenvalue weighted by atomic mass is 32.3. The largest absolute Gasteiger partial charge is 0.448 e. The van der Waals surface area contributed by atoms with Gasteiger partial charge in [0.1, 0.15) is 12.4 Å². The number of nitrogens with two attached hydrogens (primary N) is 1. The van der Waals surface area contributed by atoms with Crippen LogP contribution in [0.3, 0.4) is 0 Å². The fourth-order valence-electron chi connectivity index (χ4n) is 3.20. The highest BCUT2D eigenvalue weighted by molar-refractivity contribution is 8.22. The number of fused-ring (bicyclic) bond motifs is 2. The van der Waals surface area contributed by atoms with Crippen molar-refractivity contribution in [1.82, 2.24) is 9.71 Å². The lowest BCUT2D eigenvalue weighted by atomic mass is 9.99. The summed E-state index contributed by atoms with van der Waals surface area (Å²) in [5.74, 6) is -0.332. The van der Waals surface area contributed by atoms with Gasteiger partial charge < -0.3 is 15.5 Å². The molecule has 1 atom stereocenters. The Morgan fingerprint density at radius 2 is 2.08 bits per heavy atom. The Kier molecular flexibility index (Phi) is 3.88. The van der Waals surface area contributed by atoms with E-state index >= 15 is 0 Å². The van der Waals surface area contributed by atoms with Gasteiger partial charge in [-0.1, -0.05) is 6.07 Å². The fourth-order valence-corrected chi connectivity index (χ4v) is 4.71. The maximum Gasteiger partial charge on any atom is 0.404 e. The van der Waals surface area contributed by atoms with Crippen molar-refractivity contribution >= 4 is 27.8 Å². The first-order valence-electron chi connectivity index (χ1n) is 7.74. The second kappa shape index (κ2) is 5.99. The Balaban J connectivity index is 1.78. The van der Waals surface area contributed by atoms with Gasteiger partial charge in [0.15, 0.2) is 0 Å². The SMILES string of the molecule is NC(=O)OCC1NS(O)(O)c2ccc(-c3c[nH]c4cc(F)ccc34)cc21. The Morgan fingerprint density at radius 1 is 1.27 bits per heavy atom. The van der Waals surface area contributed by atoms with Crippen LogP contribution in [0, 0.1) is 5.82 Å². The summed E-state index contributed by atoms with van der Waals surface area (Å²) in [6.07, 6.45) is 0.827. The molecule has 1 unspecified atom stereocenters. The van der Waals surface area contributed by atoms with Crippen molar-refractivity contribution in [1.29, 1.82) is 0 Å². The number of primary amides is 1. The molecule has 26 heavy (non-hydrogen) atoms. The molecule has 0 saturated carbocycles. The summed E-state index contributed by atoms with van der Waals surface area (Å²) in [5.41, 5.74) is 7.93. The van der Waals surface area contributed by atoms with Crippen LogP contribution in [0.15, 0.2) is 47.5 Å². The van der Waals surface area contributed by atoms with E-state index in [2.05, 4.69) is 9.71 Å². The van der Waals surface area contributed by atoms with E-state index in [-0.39, 0.29) is 12.4 Å². The molecular weight excluding hydrogens is 361 g/mol. The van der Waals surface area contributed by atoms with Crippen LogP contribution in [-0.2, 0) is 4.74 Å². The number of nitrogens with one attached hydrogen (secondary N) is 2. The van der Waals surface area contributed by atoms with Crippen LogP contribution < -0.4 is 10.5 Å². The Bertz CT molecular complexity index is 1020. The summed E-state index contributed by atoms with van der Waals surface area (Å²) in [6, 6.07) is 9.07. The van der Waals surface area contributed by atoms with E-state index in [1.807, 2.05) is 0 Å². The first-order chi connectivity index (χ1) is 12.3. The molecule has 0 saturated heterocycles. The number of amides is 1. The number of carbonyl (C=O) groups is 1. The Morgan fingerprint density at radius 3 is 2.85 bits per heavy atom. The lowest BCUT2D eigenvalue weighted by molar-refractivity contribution is 0.147. The van der Waals surface area contributed by atoms with Crippen molar-refractivity contribution in [2.45, 2.75) is 10.9 Å². The maximum absolute atomic E-state index is 13.4. The standard InChI is InChI=1S/C17H16FN3O4S/c18-10-2-3-11-13(7-20-14(11)6-10)9-1-4-16-12(5-9)15(8-25-17(19)22)21-26(16,23)24/h1-7,15,20-21,23-24H,8H2,(H2,19,22). The van der Waals surface area contributed by atoms with Gasteiger partial charge >= 0.3 is 6.09 Å². The van der Waals surface area contributed by atoms with Crippen LogP contribution in [0.1, 0.15) is 11.6 Å². The van der Waals surface area contributed by atoms with E-state index < -0.39 is 22.9 Å². The highest BCUT2D eigenvalue weighted by Crippen LogP contribution is 2.55. The molecule has 1 aliphatic rings. The molecule has 1 aliphatic heterocycles. The molecule has 2 heterocycles. The van der Waals surface area contributed by atoms with Gasteiger partial charge in [-0.3, -0.25) is 9.11 Å². The van der Waals surface area contributed by atoms with E-state index in [1.165, 1.54) is 12.1 Å². The van der Waals surface area contributed by atoms with Crippen molar-refractivity contribution < 1.29 is 23.0 Å². The van der Waals surface area contributed by atoms with Crippen molar-refractivity contribution in [3.05, 3.63) is 54.0 Å². The average molecular weight is 377 g/mol. The van der Waals surface area contributed by atoms with Gasteiger partial charge in [-0.15, -0.1) is 10.8 Å². The van der Waals surface area contributed by atoms with Gasteiger partial charge in [0, 0.05) is 22.7 Å². The molecule has 136 valence electrons. The zero-order chi connectivity index (χ0) is 18.5. The van der Waals surface area contributed by atoms with E-state index in [4.69, 9.17) is 10.5 Å². The number of aromatic nitrogens is 1. The number of aromatic amines is 1. The molecule has 0 bridgehead atoms. The van der Waals surface area contributed by atoms with Crippen LogP contribution in [-0.4, -0.2) is 26.8 Å². The lowest BCUT2D eigenvalue weighted by Gasteiger charge is -2.28. The average Bonchev–Trinajstić information content (AvgIpc) is 3.11. The summed E-state index contributed by atoms with van der Waals surface area (Å²) in [6.45, 7) is -0.124. The fraction of sp³-hybridized carbons (Fsp3) is 0.118. The number of H-pyrrole nitrogens is 1. The van der Waals surface area contributed by atoms with Crippen LogP contribution in [0.4, 0.5) is 9.18 Å². The molecule has 0 fully saturated rings. The minimum absolute atomic E-state index is 0.124. The molecule has 3 aromatic rings. The second-order valence-corrected chi connectivity index (χ2v) is 7.77. The summed E-state index contributed by atoms with van der Waals surface area (Å²) in [4.78, 5) is 14.3. The molecule has 4 rings (SSSR count). The molecule has 1 amide bonds. The normalized spacial score (nSPS) is 19.3. The maximum atomic E-state index is 13.4. The van der Waals surface area contributed by atoms with E-state index in [0.29, 0.717) is 16.0 Å². The molecule has 7 nitrogen and oxygen atoms in total. The second-order valence-electron chi connectivity index (χ2n) is 5.99. The first kappa shape index (κ1) is 16.9. The van der Waals surface area contributed by atoms with Gasteiger partial charge in [-0.25, -0.2) is 13.9 Å². The van der Waals surface area contributed by atoms with Crippen molar-refractivity contribution in [3.63, 3.8) is 0 Å². The first-order valence-corrected chi connectivity index (χ1v) is 9.28. The van der Waals surface area contributed by atoms with Crippen LogP contribution in [0.25, 0.3) is 22.0 Å². The number of carbonyl (C=O) groups excluding carboxylic acids is 1. The predicted molar refractivity (Wildman–Crippen MR) is 96.2 cm³/mol. The molecule has 1 aromatic heterocycles. The zero-order valence-electron chi connectivity index (χ0n) is 13.4. The topological polar surface area (TPSA) is 121 Å². The van der Waals surface area contributed by atoms with Crippen LogP contribution in [0.5, 0.6) is 0 Å². The van der Waals surface area contributed by atoms with E-state index in [1.54, 1.807) is 30.5 Å². The van der Waals surface area contributed by atoms with Crippen molar-refractivity contribution in [2.75, 3.05) is 6.61 Å². The molecule has 0 radical (unpaired) electrons. The van der Waals surface area contributed by atoms with Crippen molar-refractivity contribution in [2.24, 2.45) is 5.73 Å². The van der Waals surface area contributed by atoms with Gasteiger partial charge in [0.05, 0.1) is 10.9 Å². The molecule has 0 spiro atoms. The number of hydrogen-bond acceptors (Lipinski definition) is 5. The van der Waals surface area contributed by atoms with E-state index in [0.717, 1.165) is 16.5 Å². The monoisotopic (exact) mass is 377 g/mol. The lowest BCUT2D eigenvalue weighted by Crippen LogP contribution is -2.24. The third-order valence-corrected chi connectivity index (χ3v) is 5.94. The third kappa shape index (κ3) is 2.80. The molecular formula is C17H16FN3O4S. The number of rotatable bonds is 3. The number of halogens is 1. The minimum atomic E-state index is -3.18. The smallest absolute Gasteiger partial charge is 0.404 e. The van der Waals surface area contributed by atoms with E-state index in [9.17, 15) is 18.3 Å². The summed E-state index contributed by atoms with van der Waals surface area (Å²) in [5, 5.41) is 0.842. The molecule has 6 N–H and O–H groups in total. The van der Waals surface area contributed by atoms with Gasteiger partial charge in [0.25, 0.3) is 0 Å². The molecule has 9 heteroatoms. The zero-order valence-corrected chi connectivity index (χ0v) is 14.2. The minimum Gasteiger partial charge on any atom is -0.448 e. The Hall–Kier alpha value is -2.59. The highest BCUT2D eigenvalue weighted by Gasteiger charge is 2.35. The van der Waals surface area contributed by atoms with Gasteiger partial charge in [0.2, 0.25) is 0 Å². The number of ether oxygens (including phenoxy) is 1. The number of hydrogen-bond donors (Lipinski definition) is 5. The number of benzene rings is 2. The Labute approximate surface area is 149 Å². The van der Waals surface area contributed by atoms with Gasteiger partial charge in [-0.2, -0.15) is 0 Å². The summed E-state index contributed by atoms with van der Waals surface area (Å²) >= 11 is 0. The van der Waals surface area contributed by atoms with Crippen molar-refractivity contribution in [3.8, 4) is 11.1 Å². The molecule has 0 aliphatic carbocycles. The predicted octanol–water partition coefficient (Wildman–Crippen LogP) is 3.74. The van der Waals surface area contributed by atoms with Gasteiger partial charge in [-0.05, 0) is 41.5 Å². The van der Waals surface area contributed by atoms with Crippen LogP contribution in [0.2, 0.25) is 0 Å². The third-order valence-electron chi connectivity index (χ3n) is 4.35. The molecule has 2 aromatic carbocycles. The summed E-state index contributed by atoms with van der Waals surface area (Å²) < 4.78 is 41.3. The summed E-state index contributed by atoms with van der Waals surface area (Å²) in [7, 11) is -3.18.